The van der Waals surface area contributed by atoms with Crippen LogP contribution < -0.4 is 0 Å². The predicted octanol–water partition coefficient (Wildman–Crippen LogP) is 3.23. The zero-order valence-corrected chi connectivity index (χ0v) is 11.6. The normalized spacial score (nSPS) is 10.3. The summed E-state index contributed by atoms with van der Waals surface area (Å²) in [5.41, 5.74) is 1.10. The molecule has 0 bridgehead atoms. The highest BCUT2D eigenvalue weighted by atomic mass is 79.9. The quantitative estimate of drug-likeness (QED) is 0.875. The fourth-order valence-electron chi connectivity index (χ4n) is 1.30. The van der Waals surface area contributed by atoms with Crippen LogP contribution in [-0.4, -0.2) is 21.0 Å². The topological polar surface area (TPSA) is 63.1 Å². The molecule has 0 unspecified atom stereocenters. The number of pyridine rings is 2. The number of nitrogens with zero attached hydrogens (tertiary/aromatic N) is 2. The van der Waals surface area contributed by atoms with Crippen molar-refractivity contribution in [2.24, 2.45) is 0 Å². The number of thioether (sulfide) groups is 1. The molecule has 0 fully saturated rings. The van der Waals surface area contributed by atoms with Crippen LogP contribution in [0.4, 0.5) is 0 Å². The van der Waals surface area contributed by atoms with Gasteiger partial charge in [-0.3, -0.25) is 4.98 Å². The minimum Gasteiger partial charge on any atom is -0.478 e. The highest BCUT2D eigenvalue weighted by Crippen LogP contribution is 2.23. The molecule has 2 aromatic rings. The van der Waals surface area contributed by atoms with Crippen LogP contribution >= 0.6 is 27.7 Å². The molecule has 0 aliphatic rings. The Balaban J connectivity index is 2.10. The second kappa shape index (κ2) is 5.97. The summed E-state index contributed by atoms with van der Waals surface area (Å²) in [5, 5.41) is 9.53. The summed E-state index contributed by atoms with van der Waals surface area (Å²) in [4.78, 5) is 19.3. The summed E-state index contributed by atoms with van der Waals surface area (Å²) in [6.45, 7) is 0. The number of aromatic carboxylic acids is 1. The van der Waals surface area contributed by atoms with Gasteiger partial charge in [0.05, 0.1) is 11.3 Å². The molecule has 4 nitrogen and oxygen atoms in total. The molecule has 92 valence electrons. The van der Waals surface area contributed by atoms with Crippen molar-refractivity contribution in [1.29, 1.82) is 0 Å². The number of hydrogen-bond donors (Lipinski definition) is 1. The van der Waals surface area contributed by atoms with Crippen LogP contribution in [0.25, 0.3) is 0 Å². The van der Waals surface area contributed by atoms with Crippen LogP contribution in [0.3, 0.4) is 0 Å². The molecule has 0 amide bonds. The molecule has 2 aromatic heterocycles. The molecule has 0 spiro atoms. The largest absolute Gasteiger partial charge is 0.478 e. The summed E-state index contributed by atoms with van der Waals surface area (Å²) in [6, 6.07) is 6.96. The highest BCUT2D eigenvalue weighted by molar-refractivity contribution is 9.10. The average molecular weight is 325 g/mol. The van der Waals surface area contributed by atoms with Gasteiger partial charge in [0.1, 0.15) is 5.03 Å². The second-order valence-corrected chi connectivity index (χ2v) is 5.30. The van der Waals surface area contributed by atoms with Crippen LogP contribution in [-0.2, 0) is 5.75 Å². The van der Waals surface area contributed by atoms with Crippen molar-refractivity contribution in [2.45, 2.75) is 10.8 Å². The standard InChI is InChI=1S/C12H9BrN2O2S/c13-8-3-4-9(15-6-8)7-18-11-10(12(16)17)2-1-5-14-11/h1-6H,7H2,(H,16,17). The molecule has 2 rings (SSSR count). The highest BCUT2D eigenvalue weighted by Gasteiger charge is 2.11. The lowest BCUT2D eigenvalue weighted by Gasteiger charge is -2.04. The molecule has 18 heavy (non-hydrogen) atoms. The van der Waals surface area contributed by atoms with Gasteiger partial charge in [0.15, 0.2) is 0 Å². The van der Waals surface area contributed by atoms with E-state index < -0.39 is 5.97 Å². The molecule has 6 heteroatoms. The molecule has 0 atom stereocenters. The molecule has 2 heterocycles. The van der Waals surface area contributed by atoms with E-state index >= 15 is 0 Å². The number of halogens is 1. The Morgan fingerprint density at radius 3 is 2.83 bits per heavy atom. The summed E-state index contributed by atoms with van der Waals surface area (Å²) >= 11 is 4.68. The minimum atomic E-state index is -0.964. The van der Waals surface area contributed by atoms with Crippen molar-refractivity contribution in [3.05, 3.63) is 52.4 Å². The molecule has 0 aromatic carbocycles. The van der Waals surface area contributed by atoms with Crippen LogP contribution in [0.15, 0.2) is 46.2 Å². The van der Waals surface area contributed by atoms with Gasteiger partial charge in [-0.2, -0.15) is 0 Å². The van der Waals surface area contributed by atoms with E-state index in [4.69, 9.17) is 5.11 Å². The molecule has 0 aliphatic carbocycles. The Morgan fingerprint density at radius 2 is 2.17 bits per heavy atom. The first-order chi connectivity index (χ1) is 8.66. The zero-order valence-electron chi connectivity index (χ0n) is 9.21. The first-order valence-electron chi connectivity index (χ1n) is 5.08. The fraction of sp³-hybridized carbons (Fsp3) is 0.0833. The number of carboxylic acids is 1. The van der Waals surface area contributed by atoms with Gasteiger partial charge in [-0.15, -0.1) is 0 Å². The van der Waals surface area contributed by atoms with E-state index in [9.17, 15) is 4.79 Å². The lowest BCUT2D eigenvalue weighted by molar-refractivity contribution is 0.0692. The number of hydrogen-bond acceptors (Lipinski definition) is 4. The van der Waals surface area contributed by atoms with Gasteiger partial charge in [0.2, 0.25) is 0 Å². The lowest BCUT2D eigenvalue weighted by atomic mass is 10.3. The van der Waals surface area contributed by atoms with Crippen molar-refractivity contribution < 1.29 is 9.90 Å². The molecule has 0 saturated heterocycles. The van der Waals surface area contributed by atoms with Gasteiger partial charge in [0, 0.05) is 22.6 Å². The summed E-state index contributed by atoms with van der Waals surface area (Å²) in [6.07, 6.45) is 3.30. The zero-order chi connectivity index (χ0) is 13.0. The maximum Gasteiger partial charge on any atom is 0.338 e. The Hall–Kier alpha value is -1.40. The van der Waals surface area contributed by atoms with E-state index in [1.807, 2.05) is 12.1 Å². The molecule has 0 radical (unpaired) electrons. The van der Waals surface area contributed by atoms with Crippen molar-refractivity contribution in [1.82, 2.24) is 9.97 Å². The summed E-state index contributed by atoms with van der Waals surface area (Å²) < 4.78 is 0.917. The van der Waals surface area contributed by atoms with E-state index in [0.717, 1.165) is 10.2 Å². The van der Waals surface area contributed by atoms with Crippen molar-refractivity contribution >= 4 is 33.7 Å². The molecule has 0 saturated carbocycles. The Labute approximate surface area is 117 Å². The minimum absolute atomic E-state index is 0.222. The molecule has 0 aliphatic heterocycles. The van der Waals surface area contributed by atoms with Crippen LogP contribution in [0.1, 0.15) is 16.1 Å². The van der Waals surface area contributed by atoms with Crippen LogP contribution in [0.2, 0.25) is 0 Å². The average Bonchev–Trinajstić information content (AvgIpc) is 2.38. The monoisotopic (exact) mass is 324 g/mol. The third-order valence-electron chi connectivity index (χ3n) is 2.15. The van der Waals surface area contributed by atoms with Crippen molar-refractivity contribution in [3.8, 4) is 0 Å². The maximum atomic E-state index is 11.0. The van der Waals surface area contributed by atoms with Gasteiger partial charge in [0.25, 0.3) is 0 Å². The van der Waals surface area contributed by atoms with Crippen molar-refractivity contribution in [3.63, 3.8) is 0 Å². The van der Waals surface area contributed by atoms with E-state index in [1.54, 1.807) is 24.5 Å². The number of rotatable bonds is 4. The number of carbonyl (C=O) groups is 1. The smallest absolute Gasteiger partial charge is 0.338 e. The van der Waals surface area contributed by atoms with Crippen LogP contribution in [0, 0.1) is 0 Å². The Kier molecular flexibility index (Phi) is 4.33. The Bertz CT molecular complexity index is 560. The van der Waals surface area contributed by atoms with E-state index in [1.165, 1.54) is 11.8 Å². The van der Waals surface area contributed by atoms with Crippen molar-refractivity contribution in [2.75, 3.05) is 0 Å². The van der Waals surface area contributed by atoms with Gasteiger partial charge in [-0.1, -0.05) is 11.8 Å². The Morgan fingerprint density at radius 1 is 1.33 bits per heavy atom. The third kappa shape index (κ3) is 3.30. The first-order valence-corrected chi connectivity index (χ1v) is 6.86. The molecular weight excluding hydrogens is 316 g/mol. The van der Waals surface area contributed by atoms with E-state index in [-0.39, 0.29) is 5.56 Å². The van der Waals surface area contributed by atoms with E-state index in [2.05, 4.69) is 25.9 Å². The maximum absolute atomic E-state index is 11.0. The lowest BCUT2D eigenvalue weighted by Crippen LogP contribution is -2.00. The molecular formula is C12H9BrN2O2S. The van der Waals surface area contributed by atoms with E-state index in [0.29, 0.717) is 10.8 Å². The van der Waals surface area contributed by atoms with Gasteiger partial charge in [-0.25, -0.2) is 9.78 Å². The SMILES string of the molecule is O=C(O)c1cccnc1SCc1ccc(Br)cn1. The molecule has 1 N–H and O–H groups in total. The third-order valence-corrected chi connectivity index (χ3v) is 3.65. The number of carboxylic acid groups (broad SMARTS) is 1. The number of aromatic nitrogens is 2. The second-order valence-electron chi connectivity index (χ2n) is 3.42. The summed E-state index contributed by atoms with van der Waals surface area (Å²) in [5.74, 6) is -0.376. The predicted molar refractivity (Wildman–Crippen MR) is 72.7 cm³/mol. The van der Waals surface area contributed by atoms with Gasteiger partial charge < -0.3 is 5.11 Å². The first kappa shape index (κ1) is 13.0. The van der Waals surface area contributed by atoms with Gasteiger partial charge in [-0.05, 0) is 40.2 Å². The van der Waals surface area contributed by atoms with Crippen LogP contribution in [0.5, 0.6) is 0 Å². The fourth-order valence-corrected chi connectivity index (χ4v) is 2.44. The summed E-state index contributed by atoms with van der Waals surface area (Å²) in [7, 11) is 0. The van der Waals surface area contributed by atoms with Gasteiger partial charge >= 0.3 is 5.97 Å².